The molecule has 10 heteroatoms. The topological polar surface area (TPSA) is 120 Å². The molecule has 0 saturated carbocycles. The van der Waals surface area contributed by atoms with Crippen molar-refractivity contribution < 1.29 is 22.7 Å². The van der Waals surface area contributed by atoms with Crippen LogP contribution in [0.1, 0.15) is 11.5 Å². The first-order valence-corrected chi connectivity index (χ1v) is 10.8. The maximum atomic E-state index is 12.6. The summed E-state index contributed by atoms with van der Waals surface area (Å²) in [7, 11) is -2.29. The van der Waals surface area contributed by atoms with Gasteiger partial charge in [0.2, 0.25) is 0 Å². The number of amides is 1. The predicted octanol–water partition coefficient (Wildman–Crippen LogP) is 2.92. The molecule has 1 amide bonds. The van der Waals surface area contributed by atoms with Gasteiger partial charge < -0.3 is 14.8 Å². The summed E-state index contributed by atoms with van der Waals surface area (Å²) in [6.07, 6.45) is 0. The first-order chi connectivity index (χ1) is 14.7. The standard InChI is InChI=1S/C21H22N4O5S/c1-14-11-20(23-15(2)22-14)25-31(27,28)19-9-7-16(8-10-19)24-21(26)13-30-18-6-4-5-17(12-18)29-3/h4-12H,13H2,1-3H3,(H,24,26)(H,22,23,25). The molecule has 1 aromatic heterocycles. The molecule has 0 aliphatic heterocycles. The van der Waals surface area contributed by atoms with Crippen molar-refractivity contribution in [2.75, 3.05) is 23.8 Å². The Morgan fingerprint density at radius 3 is 2.39 bits per heavy atom. The summed E-state index contributed by atoms with van der Waals surface area (Å²) >= 11 is 0. The number of carbonyl (C=O) groups is 1. The molecule has 162 valence electrons. The summed E-state index contributed by atoms with van der Waals surface area (Å²) in [6, 6.07) is 14.2. The molecule has 3 rings (SSSR count). The molecule has 0 bridgehead atoms. The summed E-state index contributed by atoms with van der Waals surface area (Å²) < 4.78 is 38.1. The highest BCUT2D eigenvalue weighted by atomic mass is 32.2. The van der Waals surface area contributed by atoms with Gasteiger partial charge in [-0.3, -0.25) is 9.52 Å². The van der Waals surface area contributed by atoms with Gasteiger partial charge in [-0.25, -0.2) is 18.4 Å². The normalized spacial score (nSPS) is 10.9. The van der Waals surface area contributed by atoms with E-state index in [1.165, 1.54) is 24.3 Å². The van der Waals surface area contributed by atoms with Gasteiger partial charge in [0.05, 0.1) is 12.0 Å². The van der Waals surface area contributed by atoms with Crippen LogP contribution in [0.15, 0.2) is 59.5 Å². The van der Waals surface area contributed by atoms with Gasteiger partial charge in [0.25, 0.3) is 15.9 Å². The number of methoxy groups -OCH3 is 1. The number of aryl methyl sites for hydroxylation is 2. The van der Waals surface area contributed by atoms with Gasteiger partial charge in [0.15, 0.2) is 6.61 Å². The minimum Gasteiger partial charge on any atom is -0.497 e. The lowest BCUT2D eigenvalue weighted by Gasteiger charge is -2.10. The molecule has 0 atom stereocenters. The van der Waals surface area contributed by atoms with E-state index in [-0.39, 0.29) is 23.2 Å². The highest BCUT2D eigenvalue weighted by Gasteiger charge is 2.16. The van der Waals surface area contributed by atoms with Crippen molar-refractivity contribution in [1.29, 1.82) is 0 Å². The molecule has 0 spiro atoms. The molecule has 9 nitrogen and oxygen atoms in total. The number of carbonyl (C=O) groups excluding carboxylic acids is 1. The van der Waals surface area contributed by atoms with Crippen LogP contribution in [0, 0.1) is 13.8 Å². The average molecular weight is 442 g/mol. The van der Waals surface area contributed by atoms with Crippen LogP contribution in [0.3, 0.4) is 0 Å². The Hall–Kier alpha value is -3.66. The zero-order valence-electron chi connectivity index (χ0n) is 17.2. The second kappa shape index (κ2) is 9.43. The second-order valence-corrected chi connectivity index (χ2v) is 8.27. The lowest BCUT2D eigenvalue weighted by molar-refractivity contribution is -0.118. The molecule has 2 aromatic carbocycles. The van der Waals surface area contributed by atoms with Crippen LogP contribution in [0.25, 0.3) is 0 Å². The Labute approximate surface area is 180 Å². The smallest absolute Gasteiger partial charge is 0.263 e. The molecule has 1 heterocycles. The van der Waals surface area contributed by atoms with Gasteiger partial charge in [0.1, 0.15) is 23.1 Å². The highest BCUT2D eigenvalue weighted by Crippen LogP contribution is 2.20. The summed E-state index contributed by atoms with van der Waals surface area (Å²) in [5.74, 6) is 1.39. The van der Waals surface area contributed by atoms with Crippen LogP contribution in [0.5, 0.6) is 11.5 Å². The Bertz CT molecular complexity index is 1160. The molecular formula is C21H22N4O5S. The van der Waals surface area contributed by atoms with E-state index in [4.69, 9.17) is 9.47 Å². The summed E-state index contributed by atoms with van der Waals surface area (Å²) in [4.78, 5) is 20.3. The maximum absolute atomic E-state index is 12.6. The molecule has 0 aliphatic carbocycles. The minimum absolute atomic E-state index is 0.0343. The molecule has 0 aliphatic rings. The van der Waals surface area contributed by atoms with E-state index in [9.17, 15) is 13.2 Å². The van der Waals surface area contributed by atoms with Crippen molar-refractivity contribution in [3.8, 4) is 11.5 Å². The van der Waals surface area contributed by atoms with Crippen LogP contribution in [-0.4, -0.2) is 38.0 Å². The maximum Gasteiger partial charge on any atom is 0.263 e. The summed E-state index contributed by atoms with van der Waals surface area (Å²) in [5.41, 5.74) is 1.09. The van der Waals surface area contributed by atoms with E-state index in [2.05, 4.69) is 20.0 Å². The lowest BCUT2D eigenvalue weighted by atomic mass is 10.3. The van der Waals surface area contributed by atoms with E-state index in [0.717, 1.165) is 0 Å². The van der Waals surface area contributed by atoms with E-state index < -0.39 is 10.0 Å². The number of nitrogens with one attached hydrogen (secondary N) is 2. The molecule has 0 fully saturated rings. The van der Waals surface area contributed by atoms with Crippen LogP contribution in [-0.2, 0) is 14.8 Å². The molecule has 3 aromatic rings. The van der Waals surface area contributed by atoms with E-state index in [1.807, 2.05) is 0 Å². The van der Waals surface area contributed by atoms with Gasteiger partial charge in [0, 0.05) is 23.5 Å². The number of rotatable bonds is 8. The fraction of sp³-hybridized carbons (Fsp3) is 0.190. The van der Waals surface area contributed by atoms with Crippen molar-refractivity contribution >= 4 is 27.4 Å². The molecule has 0 radical (unpaired) electrons. The number of hydrogen-bond donors (Lipinski definition) is 2. The largest absolute Gasteiger partial charge is 0.497 e. The quantitative estimate of drug-likeness (QED) is 0.550. The fourth-order valence-corrected chi connectivity index (χ4v) is 3.71. The number of benzene rings is 2. The summed E-state index contributed by atoms with van der Waals surface area (Å²) in [5, 5.41) is 2.65. The Morgan fingerprint density at radius 1 is 1.00 bits per heavy atom. The van der Waals surface area contributed by atoms with E-state index in [1.54, 1.807) is 51.3 Å². The zero-order chi connectivity index (χ0) is 22.4. The SMILES string of the molecule is COc1cccc(OCC(=O)Nc2ccc(S(=O)(=O)Nc3cc(C)nc(C)n3)cc2)c1. The van der Waals surface area contributed by atoms with E-state index >= 15 is 0 Å². The van der Waals surface area contributed by atoms with Crippen LogP contribution in [0.4, 0.5) is 11.5 Å². The number of hydrogen-bond acceptors (Lipinski definition) is 7. The van der Waals surface area contributed by atoms with Gasteiger partial charge >= 0.3 is 0 Å². The number of aromatic nitrogens is 2. The molecular weight excluding hydrogens is 420 g/mol. The molecule has 0 saturated heterocycles. The Balaban J connectivity index is 1.60. The lowest BCUT2D eigenvalue weighted by Crippen LogP contribution is -2.20. The van der Waals surface area contributed by atoms with Crippen molar-refractivity contribution in [2.24, 2.45) is 0 Å². The first-order valence-electron chi connectivity index (χ1n) is 9.27. The van der Waals surface area contributed by atoms with Gasteiger partial charge in [-0.15, -0.1) is 0 Å². The third-order valence-corrected chi connectivity index (χ3v) is 5.44. The fourth-order valence-electron chi connectivity index (χ4n) is 2.72. The van der Waals surface area contributed by atoms with E-state index in [0.29, 0.717) is 28.7 Å². The Kier molecular flexibility index (Phi) is 6.71. The Morgan fingerprint density at radius 2 is 1.71 bits per heavy atom. The van der Waals surface area contributed by atoms with Crippen molar-refractivity contribution in [2.45, 2.75) is 18.7 Å². The van der Waals surface area contributed by atoms with Crippen LogP contribution in [0.2, 0.25) is 0 Å². The van der Waals surface area contributed by atoms with Crippen LogP contribution >= 0.6 is 0 Å². The average Bonchev–Trinajstić information content (AvgIpc) is 2.72. The van der Waals surface area contributed by atoms with Crippen molar-refractivity contribution in [1.82, 2.24) is 9.97 Å². The first kappa shape index (κ1) is 22.0. The van der Waals surface area contributed by atoms with Gasteiger partial charge in [-0.2, -0.15) is 0 Å². The number of nitrogens with zero attached hydrogens (tertiary/aromatic N) is 2. The minimum atomic E-state index is -3.83. The number of sulfonamides is 1. The predicted molar refractivity (Wildman–Crippen MR) is 116 cm³/mol. The van der Waals surface area contributed by atoms with Gasteiger partial charge in [-0.05, 0) is 50.2 Å². The second-order valence-electron chi connectivity index (χ2n) is 6.59. The summed E-state index contributed by atoms with van der Waals surface area (Å²) in [6.45, 7) is 3.23. The molecule has 0 unspecified atom stereocenters. The van der Waals surface area contributed by atoms with Crippen molar-refractivity contribution in [3.05, 3.63) is 66.1 Å². The third kappa shape index (κ3) is 6.16. The zero-order valence-corrected chi connectivity index (χ0v) is 18.1. The number of anilines is 2. The third-order valence-electron chi connectivity index (χ3n) is 4.06. The van der Waals surface area contributed by atoms with Crippen molar-refractivity contribution in [3.63, 3.8) is 0 Å². The molecule has 2 N–H and O–H groups in total. The van der Waals surface area contributed by atoms with Gasteiger partial charge in [-0.1, -0.05) is 6.07 Å². The van der Waals surface area contributed by atoms with Crippen LogP contribution < -0.4 is 19.5 Å². The monoisotopic (exact) mass is 442 g/mol. The molecule has 31 heavy (non-hydrogen) atoms. The number of ether oxygens (including phenoxy) is 2. The highest BCUT2D eigenvalue weighted by molar-refractivity contribution is 7.92.